The lowest BCUT2D eigenvalue weighted by molar-refractivity contribution is -0.132. The minimum Gasteiger partial charge on any atom is -0.351 e. The topological polar surface area (TPSA) is 83.6 Å². The average Bonchev–Trinajstić information content (AvgIpc) is 2.92. The molecule has 1 N–H and O–H groups in total. The van der Waals surface area contributed by atoms with Crippen molar-refractivity contribution in [3.8, 4) is 0 Å². The molecule has 2 amide bonds. The molecule has 0 spiro atoms. The maximum atomic E-state index is 12.3. The van der Waals surface area contributed by atoms with Crippen LogP contribution >= 0.6 is 0 Å². The monoisotopic (exact) mass is 336 g/mol. The van der Waals surface area contributed by atoms with Gasteiger partial charge in [-0.2, -0.15) is 0 Å². The Morgan fingerprint density at radius 1 is 1.26 bits per heavy atom. The normalized spacial score (nSPS) is 24.2. The van der Waals surface area contributed by atoms with E-state index in [9.17, 15) is 18.0 Å². The van der Waals surface area contributed by atoms with E-state index in [4.69, 9.17) is 0 Å². The Kier molecular flexibility index (Phi) is 4.39. The Labute approximate surface area is 135 Å². The maximum absolute atomic E-state index is 12.3. The van der Waals surface area contributed by atoms with Gasteiger partial charge in [-0.15, -0.1) is 0 Å². The number of likely N-dealkylation sites (tertiary alicyclic amines) is 1. The van der Waals surface area contributed by atoms with Crippen LogP contribution in [0.2, 0.25) is 0 Å². The van der Waals surface area contributed by atoms with Crippen molar-refractivity contribution in [2.45, 2.75) is 30.2 Å². The molecule has 23 heavy (non-hydrogen) atoms. The molecule has 7 heteroatoms. The zero-order chi connectivity index (χ0) is 16.4. The van der Waals surface area contributed by atoms with Crippen molar-refractivity contribution in [3.63, 3.8) is 0 Å². The third-order valence-corrected chi connectivity index (χ3v) is 6.32. The van der Waals surface area contributed by atoms with Crippen molar-refractivity contribution in [1.29, 1.82) is 0 Å². The average molecular weight is 336 g/mol. The quantitative estimate of drug-likeness (QED) is 0.872. The Morgan fingerprint density at radius 3 is 2.74 bits per heavy atom. The molecule has 124 valence electrons. The number of nitrogens with one attached hydrogen (secondary N) is 1. The van der Waals surface area contributed by atoms with Gasteiger partial charge in [0.15, 0.2) is 9.84 Å². The van der Waals surface area contributed by atoms with Gasteiger partial charge in [0.1, 0.15) is 0 Å². The molecule has 3 rings (SSSR count). The number of sulfone groups is 1. The number of amides is 2. The molecule has 0 radical (unpaired) electrons. The highest BCUT2D eigenvalue weighted by Gasteiger charge is 2.38. The molecule has 1 aromatic carbocycles. The molecule has 2 fully saturated rings. The first-order valence-corrected chi connectivity index (χ1v) is 9.46. The fourth-order valence-electron chi connectivity index (χ4n) is 3.26. The molecule has 0 bridgehead atoms. The van der Waals surface area contributed by atoms with Crippen molar-refractivity contribution in [3.05, 3.63) is 30.3 Å². The summed E-state index contributed by atoms with van der Waals surface area (Å²) in [7, 11) is -3.44. The fraction of sp³-hybridized carbons (Fsp3) is 0.500. The van der Waals surface area contributed by atoms with Gasteiger partial charge in [-0.25, -0.2) is 8.42 Å². The van der Waals surface area contributed by atoms with Gasteiger partial charge in [0.05, 0.1) is 10.6 Å². The molecule has 1 aromatic rings. The van der Waals surface area contributed by atoms with E-state index in [-0.39, 0.29) is 34.9 Å². The van der Waals surface area contributed by atoms with Gasteiger partial charge in [0, 0.05) is 32.0 Å². The van der Waals surface area contributed by atoms with E-state index in [1.165, 1.54) is 0 Å². The molecule has 0 aliphatic carbocycles. The van der Waals surface area contributed by atoms with E-state index < -0.39 is 9.84 Å². The third kappa shape index (κ3) is 3.55. The SMILES string of the molecule is O=C1C[C@H]2CCN(C(=O)CCS(=O)(=O)c3ccccc3)C[C@H]2N1. The first-order chi connectivity index (χ1) is 11.0. The fourth-order valence-corrected chi connectivity index (χ4v) is 4.52. The van der Waals surface area contributed by atoms with Crippen LogP contribution in [0.4, 0.5) is 0 Å². The van der Waals surface area contributed by atoms with Crippen LogP contribution in [-0.4, -0.2) is 50.0 Å². The van der Waals surface area contributed by atoms with Crippen LogP contribution in [0.1, 0.15) is 19.3 Å². The molecule has 0 saturated carbocycles. The van der Waals surface area contributed by atoms with Crippen LogP contribution < -0.4 is 5.32 Å². The minimum absolute atomic E-state index is 0.0194. The number of carbonyl (C=O) groups excluding carboxylic acids is 2. The summed E-state index contributed by atoms with van der Waals surface area (Å²) in [5, 5.41) is 2.89. The van der Waals surface area contributed by atoms with Crippen LogP contribution in [0.25, 0.3) is 0 Å². The van der Waals surface area contributed by atoms with E-state index in [1.807, 2.05) is 0 Å². The van der Waals surface area contributed by atoms with Crippen molar-refractivity contribution in [2.75, 3.05) is 18.8 Å². The summed E-state index contributed by atoms with van der Waals surface area (Å²) < 4.78 is 24.4. The lowest BCUT2D eigenvalue weighted by Gasteiger charge is -2.34. The van der Waals surface area contributed by atoms with Gasteiger partial charge >= 0.3 is 0 Å². The number of rotatable bonds is 4. The molecule has 2 atom stereocenters. The van der Waals surface area contributed by atoms with E-state index in [0.717, 1.165) is 6.42 Å². The number of carbonyl (C=O) groups is 2. The summed E-state index contributed by atoms with van der Waals surface area (Å²) >= 11 is 0. The van der Waals surface area contributed by atoms with E-state index in [1.54, 1.807) is 35.2 Å². The highest BCUT2D eigenvalue weighted by atomic mass is 32.2. The van der Waals surface area contributed by atoms with Crippen LogP contribution in [0.3, 0.4) is 0 Å². The number of hydrogen-bond acceptors (Lipinski definition) is 4. The van der Waals surface area contributed by atoms with Crippen molar-refractivity contribution in [2.24, 2.45) is 5.92 Å². The number of benzene rings is 1. The van der Waals surface area contributed by atoms with Crippen molar-refractivity contribution in [1.82, 2.24) is 10.2 Å². The van der Waals surface area contributed by atoms with Gasteiger partial charge in [-0.05, 0) is 24.5 Å². The van der Waals surface area contributed by atoms with Gasteiger partial charge in [-0.3, -0.25) is 9.59 Å². The Bertz CT molecular complexity index is 702. The maximum Gasteiger partial charge on any atom is 0.223 e. The summed E-state index contributed by atoms with van der Waals surface area (Å²) in [6.07, 6.45) is 1.30. The summed E-state index contributed by atoms with van der Waals surface area (Å²) in [6.45, 7) is 1.08. The molecule has 2 heterocycles. The Balaban J connectivity index is 1.57. The molecule has 2 aliphatic rings. The zero-order valence-corrected chi connectivity index (χ0v) is 13.6. The van der Waals surface area contributed by atoms with E-state index in [2.05, 4.69) is 5.32 Å². The van der Waals surface area contributed by atoms with Gasteiger partial charge in [0.2, 0.25) is 11.8 Å². The number of piperidine rings is 1. The van der Waals surface area contributed by atoms with Crippen LogP contribution in [0.5, 0.6) is 0 Å². The second-order valence-electron chi connectivity index (χ2n) is 6.15. The van der Waals surface area contributed by atoms with E-state index in [0.29, 0.717) is 25.4 Å². The highest BCUT2D eigenvalue weighted by molar-refractivity contribution is 7.91. The second kappa shape index (κ2) is 6.31. The molecule has 6 nitrogen and oxygen atoms in total. The first kappa shape index (κ1) is 16.0. The van der Waals surface area contributed by atoms with Gasteiger partial charge in [-0.1, -0.05) is 18.2 Å². The Hall–Kier alpha value is -1.89. The van der Waals surface area contributed by atoms with Crippen molar-refractivity contribution < 1.29 is 18.0 Å². The molecule has 2 saturated heterocycles. The van der Waals surface area contributed by atoms with Crippen molar-refractivity contribution >= 4 is 21.7 Å². The zero-order valence-electron chi connectivity index (χ0n) is 12.8. The highest BCUT2D eigenvalue weighted by Crippen LogP contribution is 2.26. The lowest BCUT2D eigenvalue weighted by Crippen LogP contribution is -2.49. The molecular weight excluding hydrogens is 316 g/mol. The molecule has 0 aromatic heterocycles. The predicted molar refractivity (Wildman–Crippen MR) is 84.3 cm³/mol. The lowest BCUT2D eigenvalue weighted by atomic mass is 9.92. The standard InChI is InChI=1S/C16H20N2O4S/c19-15-10-12-6-8-18(11-14(12)17-15)16(20)7-9-23(21,22)13-4-2-1-3-5-13/h1-5,12,14H,6-11H2,(H,17,19)/t12-,14-/m1/s1. The summed E-state index contributed by atoms with van der Waals surface area (Å²) in [4.78, 5) is 25.6. The van der Waals surface area contributed by atoms with Crippen LogP contribution in [-0.2, 0) is 19.4 Å². The van der Waals surface area contributed by atoms with Crippen LogP contribution in [0.15, 0.2) is 35.2 Å². The minimum atomic E-state index is -3.44. The second-order valence-corrected chi connectivity index (χ2v) is 8.26. The van der Waals surface area contributed by atoms with Gasteiger partial charge < -0.3 is 10.2 Å². The molecular formula is C16H20N2O4S. The first-order valence-electron chi connectivity index (χ1n) is 7.80. The van der Waals surface area contributed by atoms with E-state index >= 15 is 0 Å². The smallest absolute Gasteiger partial charge is 0.223 e. The largest absolute Gasteiger partial charge is 0.351 e. The Morgan fingerprint density at radius 2 is 2.00 bits per heavy atom. The summed E-state index contributed by atoms with van der Waals surface area (Å²) in [5.41, 5.74) is 0. The van der Waals surface area contributed by atoms with Gasteiger partial charge in [0.25, 0.3) is 0 Å². The summed E-state index contributed by atoms with van der Waals surface area (Å²) in [5.74, 6) is -0.00283. The van der Waals surface area contributed by atoms with Crippen LogP contribution in [0, 0.1) is 5.92 Å². The molecule has 0 unspecified atom stereocenters. The predicted octanol–water partition coefficient (Wildman–Crippen LogP) is 0.587. The number of nitrogens with zero attached hydrogens (tertiary/aromatic N) is 1. The third-order valence-electron chi connectivity index (χ3n) is 4.59. The molecule has 2 aliphatic heterocycles. The number of fused-ring (bicyclic) bond motifs is 1. The summed E-state index contributed by atoms with van der Waals surface area (Å²) in [6, 6.07) is 8.19. The number of hydrogen-bond donors (Lipinski definition) is 1.